The van der Waals surface area contributed by atoms with E-state index >= 15 is 0 Å². The van der Waals surface area contributed by atoms with E-state index in [9.17, 15) is 4.79 Å². The Hall–Kier alpha value is -1.97. The lowest BCUT2D eigenvalue weighted by molar-refractivity contribution is -0.132. The molecular formula is C10H12N2O2. The number of rotatable bonds is 4. The van der Waals surface area contributed by atoms with E-state index in [0.717, 1.165) is 5.56 Å². The summed E-state index contributed by atoms with van der Waals surface area (Å²) in [4.78, 5) is 10.3. The van der Waals surface area contributed by atoms with Crippen molar-refractivity contribution in [3.8, 4) is 0 Å². The highest BCUT2D eigenvalue weighted by Crippen LogP contribution is 1.97. The van der Waals surface area contributed by atoms with Gasteiger partial charge in [-0.1, -0.05) is 30.3 Å². The van der Waals surface area contributed by atoms with Gasteiger partial charge in [0.15, 0.2) is 0 Å². The van der Waals surface area contributed by atoms with E-state index in [1.807, 2.05) is 30.3 Å². The zero-order chi connectivity index (χ0) is 10.4. The molecule has 0 heterocycles. The molecule has 4 heteroatoms. The zero-order valence-corrected chi connectivity index (χ0v) is 7.60. The van der Waals surface area contributed by atoms with Gasteiger partial charge in [-0.15, -0.1) is 0 Å². The SMILES string of the molecule is NC(=CNCc1ccccc1)C(=O)O. The number of nitrogens with two attached hydrogens (primary N) is 1. The van der Waals surface area contributed by atoms with Crippen molar-refractivity contribution in [2.75, 3.05) is 0 Å². The van der Waals surface area contributed by atoms with Crippen LogP contribution in [0.3, 0.4) is 0 Å². The summed E-state index contributed by atoms with van der Waals surface area (Å²) in [6.07, 6.45) is 1.29. The van der Waals surface area contributed by atoms with Crippen LogP contribution in [-0.2, 0) is 11.3 Å². The van der Waals surface area contributed by atoms with Crippen LogP contribution in [0.2, 0.25) is 0 Å². The summed E-state index contributed by atoms with van der Waals surface area (Å²) >= 11 is 0. The summed E-state index contributed by atoms with van der Waals surface area (Å²) in [6.45, 7) is 0.564. The summed E-state index contributed by atoms with van der Waals surface area (Å²) < 4.78 is 0. The van der Waals surface area contributed by atoms with Crippen LogP contribution in [-0.4, -0.2) is 11.1 Å². The second kappa shape index (κ2) is 4.91. The lowest BCUT2D eigenvalue weighted by Gasteiger charge is -2.01. The lowest BCUT2D eigenvalue weighted by Crippen LogP contribution is -2.15. The van der Waals surface area contributed by atoms with E-state index < -0.39 is 5.97 Å². The Morgan fingerprint density at radius 1 is 1.43 bits per heavy atom. The molecule has 1 aromatic carbocycles. The van der Waals surface area contributed by atoms with Crippen molar-refractivity contribution in [3.05, 3.63) is 47.8 Å². The molecule has 14 heavy (non-hydrogen) atoms. The molecular weight excluding hydrogens is 180 g/mol. The average Bonchev–Trinajstić information content (AvgIpc) is 2.19. The monoisotopic (exact) mass is 192 g/mol. The van der Waals surface area contributed by atoms with Gasteiger partial charge in [0.05, 0.1) is 0 Å². The Balaban J connectivity index is 2.43. The Morgan fingerprint density at radius 2 is 2.07 bits per heavy atom. The first-order valence-electron chi connectivity index (χ1n) is 4.16. The fraction of sp³-hybridized carbons (Fsp3) is 0.100. The van der Waals surface area contributed by atoms with Crippen molar-refractivity contribution in [2.45, 2.75) is 6.54 Å². The quantitative estimate of drug-likeness (QED) is 0.612. The number of aliphatic carboxylic acids is 1. The molecule has 0 fully saturated rings. The van der Waals surface area contributed by atoms with Crippen molar-refractivity contribution in [1.82, 2.24) is 5.32 Å². The molecule has 0 saturated carbocycles. The van der Waals surface area contributed by atoms with Crippen LogP contribution in [0.5, 0.6) is 0 Å². The standard InChI is InChI=1S/C10H12N2O2/c11-9(10(13)14)7-12-6-8-4-2-1-3-5-8/h1-5,7,12H,6,11H2,(H,13,14). The number of nitrogens with one attached hydrogen (secondary N) is 1. The highest BCUT2D eigenvalue weighted by Gasteiger charge is 1.98. The number of carbonyl (C=O) groups is 1. The van der Waals surface area contributed by atoms with Crippen LogP contribution in [0.15, 0.2) is 42.2 Å². The molecule has 0 aromatic heterocycles. The highest BCUT2D eigenvalue weighted by molar-refractivity contribution is 5.85. The van der Waals surface area contributed by atoms with Crippen molar-refractivity contribution >= 4 is 5.97 Å². The number of carboxylic acids is 1. The molecule has 0 atom stereocenters. The van der Waals surface area contributed by atoms with E-state index in [-0.39, 0.29) is 5.70 Å². The third kappa shape index (κ3) is 3.18. The largest absolute Gasteiger partial charge is 0.477 e. The molecule has 0 saturated heterocycles. The molecule has 0 aliphatic carbocycles. The van der Waals surface area contributed by atoms with Gasteiger partial charge in [0.25, 0.3) is 0 Å². The third-order valence-electron chi connectivity index (χ3n) is 1.65. The van der Waals surface area contributed by atoms with Crippen LogP contribution in [0.25, 0.3) is 0 Å². The van der Waals surface area contributed by atoms with Crippen LogP contribution < -0.4 is 11.1 Å². The molecule has 0 bridgehead atoms. The first-order valence-corrected chi connectivity index (χ1v) is 4.16. The number of carboxylic acid groups (broad SMARTS) is 1. The van der Waals surface area contributed by atoms with Gasteiger partial charge in [0, 0.05) is 12.7 Å². The smallest absolute Gasteiger partial charge is 0.353 e. The van der Waals surface area contributed by atoms with E-state index in [4.69, 9.17) is 10.8 Å². The number of hydrogen-bond donors (Lipinski definition) is 3. The van der Waals surface area contributed by atoms with Crippen molar-refractivity contribution in [2.24, 2.45) is 5.73 Å². The van der Waals surface area contributed by atoms with Crippen LogP contribution in [0.1, 0.15) is 5.56 Å². The third-order valence-corrected chi connectivity index (χ3v) is 1.65. The molecule has 1 rings (SSSR count). The predicted octanol–water partition coefficient (Wildman–Crippen LogP) is 0.661. The number of benzene rings is 1. The van der Waals surface area contributed by atoms with Gasteiger partial charge in [-0.2, -0.15) is 0 Å². The second-order valence-corrected chi connectivity index (χ2v) is 2.77. The normalized spacial score (nSPS) is 11.0. The van der Waals surface area contributed by atoms with Crippen molar-refractivity contribution in [3.63, 3.8) is 0 Å². The molecule has 74 valence electrons. The second-order valence-electron chi connectivity index (χ2n) is 2.77. The minimum absolute atomic E-state index is 0.194. The Morgan fingerprint density at radius 3 is 2.64 bits per heavy atom. The van der Waals surface area contributed by atoms with E-state index in [0.29, 0.717) is 6.54 Å². The summed E-state index contributed by atoms with van der Waals surface area (Å²) in [5, 5.41) is 11.3. The molecule has 0 aliphatic heterocycles. The van der Waals surface area contributed by atoms with Gasteiger partial charge in [0.1, 0.15) is 5.70 Å². The summed E-state index contributed by atoms with van der Waals surface area (Å²) in [6, 6.07) is 9.64. The van der Waals surface area contributed by atoms with E-state index in [1.54, 1.807) is 0 Å². The van der Waals surface area contributed by atoms with Crippen LogP contribution in [0, 0.1) is 0 Å². The van der Waals surface area contributed by atoms with Gasteiger partial charge in [0.2, 0.25) is 0 Å². The molecule has 4 N–H and O–H groups in total. The van der Waals surface area contributed by atoms with Crippen LogP contribution >= 0.6 is 0 Å². The molecule has 0 amide bonds. The molecule has 4 nitrogen and oxygen atoms in total. The summed E-state index contributed by atoms with van der Waals surface area (Å²) in [5.41, 5.74) is 6.06. The van der Waals surface area contributed by atoms with E-state index in [1.165, 1.54) is 6.20 Å². The Bertz CT molecular complexity index is 333. The summed E-state index contributed by atoms with van der Waals surface area (Å²) in [7, 11) is 0. The first kappa shape index (κ1) is 10.1. The minimum Gasteiger partial charge on any atom is -0.477 e. The maximum Gasteiger partial charge on any atom is 0.353 e. The first-order chi connectivity index (χ1) is 6.70. The number of hydrogen-bond acceptors (Lipinski definition) is 3. The molecule has 0 unspecified atom stereocenters. The fourth-order valence-corrected chi connectivity index (χ4v) is 0.936. The minimum atomic E-state index is -1.12. The predicted molar refractivity (Wildman–Crippen MR) is 53.2 cm³/mol. The van der Waals surface area contributed by atoms with Gasteiger partial charge >= 0.3 is 5.97 Å². The lowest BCUT2D eigenvalue weighted by atomic mass is 10.2. The van der Waals surface area contributed by atoms with Gasteiger partial charge in [-0.25, -0.2) is 4.79 Å². The van der Waals surface area contributed by atoms with Crippen LogP contribution in [0.4, 0.5) is 0 Å². The Kier molecular flexibility index (Phi) is 3.55. The van der Waals surface area contributed by atoms with Gasteiger partial charge in [-0.05, 0) is 5.56 Å². The van der Waals surface area contributed by atoms with E-state index in [2.05, 4.69) is 5.32 Å². The fourth-order valence-electron chi connectivity index (χ4n) is 0.936. The van der Waals surface area contributed by atoms with Gasteiger partial charge in [-0.3, -0.25) is 0 Å². The Labute approximate surface area is 82.0 Å². The zero-order valence-electron chi connectivity index (χ0n) is 7.60. The maximum atomic E-state index is 10.3. The van der Waals surface area contributed by atoms with Crippen molar-refractivity contribution in [1.29, 1.82) is 0 Å². The molecule has 0 aliphatic rings. The molecule has 1 aromatic rings. The van der Waals surface area contributed by atoms with Gasteiger partial charge < -0.3 is 16.2 Å². The molecule has 0 spiro atoms. The topological polar surface area (TPSA) is 75.3 Å². The van der Waals surface area contributed by atoms with Crippen molar-refractivity contribution < 1.29 is 9.90 Å². The average molecular weight is 192 g/mol. The highest BCUT2D eigenvalue weighted by atomic mass is 16.4. The maximum absolute atomic E-state index is 10.3. The summed E-state index contributed by atoms with van der Waals surface area (Å²) in [5.74, 6) is -1.12. The molecule has 0 radical (unpaired) electrons.